The van der Waals surface area contributed by atoms with E-state index >= 15 is 0 Å². The highest BCUT2D eigenvalue weighted by atomic mass is 35.5. The van der Waals surface area contributed by atoms with E-state index < -0.39 is 0 Å². The maximum atomic E-state index is 12.1. The molecule has 3 rings (SSSR count). The van der Waals surface area contributed by atoms with E-state index in [1.54, 1.807) is 36.4 Å². The molecule has 0 bridgehead atoms. The Bertz CT molecular complexity index is 985. The minimum Gasteiger partial charge on any atom is -0.495 e. The number of thiazole rings is 1. The predicted octanol–water partition coefficient (Wildman–Crippen LogP) is 5.92. The standard InChI is InChI=1S/C17H11Cl3N2O2S/c1-24-16-9(6-11(19)7-12(16)20)2-5-15(23)22-17-21-13-4-3-10(18)8-14(13)25-17/h2-8H,1H3,(H,21,22,23). The van der Waals surface area contributed by atoms with Gasteiger partial charge >= 0.3 is 0 Å². The lowest BCUT2D eigenvalue weighted by atomic mass is 10.2. The number of nitrogens with zero attached hydrogens (tertiary/aromatic N) is 1. The highest BCUT2D eigenvalue weighted by molar-refractivity contribution is 7.22. The molecule has 1 heterocycles. The molecule has 8 heteroatoms. The number of rotatable bonds is 4. The first-order chi connectivity index (χ1) is 12.0. The third-order valence-electron chi connectivity index (χ3n) is 3.24. The molecule has 128 valence electrons. The maximum absolute atomic E-state index is 12.1. The third-order valence-corrected chi connectivity index (χ3v) is 4.90. The van der Waals surface area contributed by atoms with Crippen LogP contribution in [-0.4, -0.2) is 18.0 Å². The molecule has 0 saturated heterocycles. The first-order valence-electron chi connectivity index (χ1n) is 7.04. The number of carbonyl (C=O) groups is 1. The molecular formula is C17H11Cl3N2O2S. The number of nitrogens with one attached hydrogen (secondary N) is 1. The summed E-state index contributed by atoms with van der Waals surface area (Å²) in [6, 6.07) is 8.60. The molecule has 0 spiro atoms. The number of methoxy groups -OCH3 is 1. The van der Waals surface area contributed by atoms with Crippen molar-refractivity contribution in [2.24, 2.45) is 0 Å². The van der Waals surface area contributed by atoms with E-state index in [0.29, 0.717) is 31.5 Å². The predicted molar refractivity (Wildman–Crippen MR) is 105 cm³/mol. The van der Waals surface area contributed by atoms with Crippen molar-refractivity contribution in [1.82, 2.24) is 4.98 Å². The Hall–Kier alpha value is -1.79. The Morgan fingerprint density at radius 3 is 2.76 bits per heavy atom. The molecule has 3 aromatic rings. The van der Waals surface area contributed by atoms with Crippen LogP contribution in [0.25, 0.3) is 16.3 Å². The van der Waals surface area contributed by atoms with E-state index in [-0.39, 0.29) is 5.91 Å². The van der Waals surface area contributed by atoms with Crippen molar-refractivity contribution in [2.45, 2.75) is 0 Å². The number of fused-ring (bicyclic) bond motifs is 1. The number of hydrogen-bond acceptors (Lipinski definition) is 4. The highest BCUT2D eigenvalue weighted by Crippen LogP contribution is 2.33. The number of amides is 1. The second kappa shape index (κ2) is 7.62. The van der Waals surface area contributed by atoms with Crippen molar-refractivity contribution in [3.05, 3.63) is 57.0 Å². The number of benzene rings is 2. The van der Waals surface area contributed by atoms with Crippen LogP contribution in [0.4, 0.5) is 5.13 Å². The number of ether oxygens (including phenoxy) is 1. The van der Waals surface area contributed by atoms with Crippen molar-refractivity contribution in [3.63, 3.8) is 0 Å². The molecular weight excluding hydrogens is 403 g/mol. The van der Waals surface area contributed by atoms with Gasteiger partial charge in [-0.15, -0.1) is 0 Å². The van der Waals surface area contributed by atoms with E-state index in [2.05, 4.69) is 10.3 Å². The van der Waals surface area contributed by atoms with Gasteiger partial charge in [0.05, 0.1) is 22.3 Å². The topological polar surface area (TPSA) is 51.2 Å². The van der Waals surface area contributed by atoms with Gasteiger partial charge in [-0.05, 0) is 36.4 Å². The Kier molecular flexibility index (Phi) is 5.49. The zero-order valence-electron chi connectivity index (χ0n) is 12.8. The van der Waals surface area contributed by atoms with Gasteiger partial charge in [-0.3, -0.25) is 10.1 Å². The van der Waals surface area contributed by atoms with E-state index in [4.69, 9.17) is 39.5 Å². The van der Waals surface area contributed by atoms with Crippen LogP contribution in [0.2, 0.25) is 15.1 Å². The van der Waals surface area contributed by atoms with E-state index in [1.165, 1.54) is 24.5 Å². The quantitative estimate of drug-likeness (QED) is 0.540. The summed E-state index contributed by atoms with van der Waals surface area (Å²) >= 11 is 19.4. The van der Waals surface area contributed by atoms with Crippen LogP contribution in [-0.2, 0) is 4.79 Å². The van der Waals surface area contributed by atoms with Crippen molar-refractivity contribution >= 4 is 73.5 Å². The van der Waals surface area contributed by atoms with Crippen LogP contribution in [0.15, 0.2) is 36.4 Å². The van der Waals surface area contributed by atoms with E-state index in [9.17, 15) is 4.79 Å². The van der Waals surface area contributed by atoms with Gasteiger partial charge in [0.25, 0.3) is 0 Å². The van der Waals surface area contributed by atoms with Crippen LogP contribution in [0.1, 0.15) is 5.56 Å². The summed E-state index contributed by atoms with van der Waals surface area (Å²) in [5, 5.41) is 4.66. The summed E-state index contributed by atoms with van der Waals surface area (Å²) in [5.74, 6) is 0.119. The normalized spacial score (nSPS) is 11.2. The highest BCUT2D eigenvalue weighted by Gasteiger charge is 2.09. The largest absolute Gasteiger partial charge is 0.495 e. The summed E-state index contributed by atoms with van der Waals surface area (Å²) in [6.45, 7) is 0. The first-order valence-corrected chi connectivity index (χ1v) is 8.99. The number of carbonyl (C=O) groups excluding carboxylic acids is 1. The second-order valence-electron chi connectivity index (χ2n) is 4.96. The molecule has 0 unspecified atom stereocenters. The molecule has 1 N–H and O–H groups in total. The Labute approximate surface area is 163 Å². The van der Waals surface area contributed by atoms with E-state index in [1.807, 2.05) is 0 Å². The fourth-order valence-electron chi connectivity index (χ4n) is 2.18. The van der Waals surface area contributed by atoms with Crippen LogP contribution < -0.4 is 10.1 Å². The van der Waals surface area contributed by atoms with Gasteiger partial charge in [-0.25, -0.2) is 4.98 Å². The second-order valence-corrected chi connectivity index (χ2v) is 7.27. The van der Waals surface area contributed by atoms with Gasteiger partial charge in [0, 0.05) is 21.7 Å². The smallest absolute Gasteiger partial charge is 0.250 e. The fraction of sp³-hybridized carbons (Fsp3) is 0.0588. The monoisotopic (exact) mass is 412 g/mol. The molecule has 0 fully saturated rings. The average Bonchev–Trinajstić information content (AvgIpc) is 2.93. The zero-order chi connectivity index (χ0) is 18.0. The number of halogens is 3. The third kappa shape index (κ3) is 4.25. The summed E-state index contributed by atoms with van der Waals surface area (Å²) in [7, 11) is 1.50. The lowest BCUT2D eigenvalue weighted by molar-refractivity contribution is -0.111. The van der Waals surface area contributed by atoms with Crippen LogP contribution in [0, 0.1) is 0 Å². The van der Waals surface area contributed by atoms with Gasteiger partial charge in [0.15, 0.2) is 5.13 Å². The van der Waals surface area contributed by atoms with Gasteiger partial charge in [0.1, 0.15) is 5.75 Å². The Morgan fingerprint density at radius 2 is 2.00 bits per heavy atom. The molecule has 0 radical (unpaired) electrons. The van der Waals surface area contributed by atoms with E-state index in [0.717, 1.165) is 10.2 Å². The average molecular weight is 414 g/mol. The molecule has 1 aromatic heterocycles. The van der Waals surface area contributed by atoms with Crippen LogP contribution in [0.5, 0.6) is 5.75 Å². The SMILES string of the molecule is COc1c(Cl)cc(Cl)cc1C=CC(=O)Nc1nc2ccc(Cl)cc2s1. The number of aromatic nitrogens is 1. The molecule has 25 heavy (non-hydrogen) atoms. The molecule has 0 atom stereocenters. The summed E-state index contributed by atoms with van der Waals surface area (Å²) in [4.78, 5) is 16.5. The Balaban J connectivity index is 1.78. The molecule has 0 aliphatic heterocycles. The minimum atomic E-state index is -0.330. The minimum absolute atomic E-state index is 0.330. The van der Waals surface area contributed by atoms with Crippen molar-refractivity contribution in [3.8, 4) is 5.75 Å². The molecule has 2 aromatic carbocycles. The van der Waals surface area contributed by atoms with Crippen molar-refractivity contribution < 1.29 is 9.53 Å². The number of anilines is 1. The van der Waals surface area contributed by atoms with Gasteiger partial charge in [-0.1, -0.05) is 46.1 Å². The summed E-state index contributed by atoms with van der Waals surface area (Å²) < 4.78 is 6.13. The first kappa shape index (κ1) is 18.0. The van der Waals surface area contributed by atoms with Gasteiger partial charge in [-0.2, -0.15) is 0 Å². The number of hydrogen-bond donors (Lipinski definition) is 1. The summed E-state index contributed by atoms with van der Waals surface area (Å²) in [5.41, 5.74) is 1.38. The zero-order valence-corrected chi connectivity index (χ0v) is 15.9. The molecule has 0 aliphatic carbocycles. The van der Waals surface area contributed by atoms with Gasteiger partial charge in [0.2, 0.25) is 5.91 Å². The molecule has 0 aliphatic rings. The van der Waals surface area contributed by atoms with Crippen LogP contribution in [0.3, 0.4) is 0 Å². The Morgan fingerprint density at radius 1 is 1.20 bits per heavy atom. The molecule has 4 nitrogen and oxygen atoms in total. The lowest BCUT2D eigenvalue weighted by Gasteiger charge is -2.07. The maximum Gasteiger partial charge on any atom is 0.250 e. The fourth-order valence-corrected chi connectivity index (χ4v) is 3.92. The van der Waals surface area contributed by atoms with Crippen LogP contribution >= 0.6 is 46.1 Å². The lowest BCUT2D eigenvalue weighted by Crippen LogP contribution is -2.07. The van der Waals surface area contributed by atoms with Gasteiger partial charge < -0.3 is 4.74 Å². The molecule has 0 saturated carbocycles. The van der Waals surface area contributed by atoms with Crippen molar-refractivity contribution in [2.75, 3.05) is 12.4 Å². The van der Waals surface area contributed by atoms with Crippen molar-refractivity contribution in [1.29, 1.82) is 0 Å². The molecule has 1 amide bonds. The summed E-state index contributed by atoms with van der Waals surface area (Å²) in [6.07, 6.45) is 2.94.